The molecule has 2 N–H and O–H groups in total. The zero-order valence-electron chi connectivity index (χ0n) is 19.5. The quantitative estimate of drug-likeness (QED) is 0.458. The second-order valence-electron chi connectivity index (χ2n) is 8.32. The van der Waals surface area contributed by atoms with Crippen LogP contribution in [0.3, 0.4) is 0 Å². The van der Waals surface area contributed by atoms with E-state index >= 15 is 0 Å². The first-order chi connectivity index (χ1) is 16.4. The van der Waals surface area contributed by atoms with E-state index in [1.54, 1.807) is 0 Å². The molecule has 0 saturated heterocycles. The predicted molar refractivity (Wildman–Crippen MR) is 127 cm³/mol. The van der Waals surface area contributed by atoms with Crippen molar-refractivity contribution >= 4 is 18.0 Å². The van der Waals surface area contributed by atoms with E-state index in [0.29, 0.717) is 13.1 Å². The lowest BCUT2D eigenvalue weighted by atomic mass is 9.98. The Kier molecular flexibility index (Phi) is 9.00. The third-order valence-corrected chi connectivity index (χ3v) is 5.58. The third kappa shape index (κ3) is 6.79. The van der Waals surface area contributed by atoms with Crippen LogP contribution < -0.4 is 5.32 Å². The maximum atomic E-state index is 12.2. The van der Waals surface area contributed by atoms with E-state index in [9.17, 15) is 14.4 Å². The molecule has 9 heteroatoms. The number of carbonyl (C=O) groups excluding carboxylic acids is 2. The molecule has 0 fully saturated rings. The number of ether oxygens (including phenoxy) is 2. The van der Waals surface area contributed by atoms with Gasteiger partial charge in [0.25, 0.3) is 0 Å². The van der Waals surface area contributed by atoms with Gasteiger partial charge in [-0.1, -0.05) is 48.5 Å². The molecule has 2 aromatic rings. The fourth-order valence-corrected chi connectivity index (χ4v) is 3.90. The highest BCUT2D eigenvalue weighted by atomic mass is 16.5. The second kappa shape index (κ2) is 12.2. The molecular weight excluding hydrogens is 438 g/mol. The summed E-state index contributed by atoms with van der Waals surface area (Å²) >= 11 is 0. The van der Waals surface area contributed by atoms with Gasteiger partial charge in [0.1, 0.15) is 19.8 Å². The lowest BCUT2D eigenvalue weighted by Crippen LogP contribution is -2.42. The molecule has 3 rings (SSSR count). The Labute approximate surface area is 199 Å². The number of hydrogen-bond acceptors (Lipinski definition) is 6. The molecule has 0 aromatic heterocycles. The van der Waals surface area contributed by atoms with Crippen molar-refractivity contribution < 1.29 is 29.0 Å². The summed E-state index contributed by atoms with van der Waals surface area (Å²) in [4.78, 5) is 38.5. The van der Waals surface area contributed by atoms with Crippen LogP contribution in [0.1, 0.15) is 17.0 Å². The number of carbonyl (C=O) groups is 3. The van der Waals surface area contributed by atoms with Crippen molar-refractivity contribution in [3.05, 3.63) is 59.7 Å². The summed E-state index contributed by atoms with van der Waals surface area (Å²) in [7, 11) is 3.68. The molecule has 1 aliphatic rings. The van der Waals surface area contributed by atoms with Crippen LogP contribution in [0.4, 0.5) is 4.79 Å². The van der Waals surface area contributed by atoms with Crippen LogP contribution in [0.2, 0.25) is 0 Å². The van der Waals surface area contributed by atoms with E-state index < -0.39 is 18.0 Å². The topological polar surface area (TPSA) is 108 Å². The number of carboxylic acid groups (broad SMARTS) is 1. The maximum Gasteiger partial charge on any atom is 0.407 e. The van der Waals surface area contributed by atoms with Crippen LogP contribution in [0.25, 0.3) is 11.1 Å². The van der Waals surface area contributed by atoms with E-state index in [0.717, 1.165) is 22.3 Å². The molecule has 0 aliphatic heterocycles. The Hall–Kier alpha value is -3.43. The van der Waals surface area contributed by atoms with Gasteiger partial charge in [0, 0.05) is 25.6 Å². The van der Waals surface area contributed by atoms with Gasteiger partial charge in [-0.15, -0.1) is 0 Å². The van der Waals surface area contributed by atoms with Crippen molar-refractivity contribution in [2.45, 2.75) is 5.92 Å². The number of hydrogen-bond donors (Lipinski definition) is 2. The molecule has 182 valence electrons. The first-order valence-electron chi connectivity index (χ1n) is 11.2. The number of amides is 2. The Morgan fingerprint density at radius 3 is 2.18 bits per heavy atom. The monoisotopic (exact) mass is 469 g/mol. The van der Waals surface area contributed by atoms with Gasteiger partial charge < -0.3 is 29.7 Å². The summed E-state index contributed by atoms with van der Waals surface area (Å²) in [5, 5.41) is 11.6. The Morgan fingerprint density at radius 2 is 1.59 bits per heavy atom. The smallest absolute Gasteiger partial charge is 0.407 e. The van der Waals surface area contributed by atoms with E-state index in [1.165, 1.54) is 4.90 Å². The van der Waals surface area contributed by atoms with Crippen molar-refractivity contribution in [1.82, 2.24) is 15.1 Å². The molecule has 0 unspecified atom stereocenters. The number of benzene rings is 2. The van der Waals surface area contributed by atoms with Gasteiger partial charge in [-0.05, 0) is 36.3 Å². The van der Waals surface area contributed by atoms with Gasteiger partial charge in [0.05, 0.1) is 6.61 Å². The molecule has 2 aromatic carbocycles. The van der Waals surface area contributed by atoms with Crippen molar-refractivity contribution in [3.8, 4) is 11.1 Å². The first-order valence-corrected chi connectivity index (χ1v) is 11.2. The van der Waals surface area contributed by atoms with Gasteiger partial charge in [-0.3, -0.25) is 9.59 Å². The van der Waals surface area contributed by atoms with Crippen LogP contribution in [-0.4, -0.2) is 93.0 Å². The highest BCUT2D eigenvalue weighted by Crippen LogP contribution is 2.44. The average Bonchev–Trinajstić information content (AvgIpc) is 3.13. The standard InChI is InChI=1S/C25H31N3O6/c1-27(2)12-13-28(15-24(30)31)23(29)17-33-14-11-26-25(32)34-16-22-20-9-5-3-7-18(20)19-8-4-6-10-21(19)22/h3-10,22H,11-17H2,1-2H3,(H,26,32)(H,30,31). The van der Waals surface area contributed by atoms with Crippen molar-refractivity contribution in [2.75, 3.05) is 60.1 Å². The third-order valence-electron chi connectivity index (χ3n) is 5.58. The number of carboxylic acids is 1. The van der Waals surface area contributed by atoms with Crippen LogP contribution >= 0.6 is 0 Å². The highest BCUT2D eigenvalue weighted by molar-refractivity contribution is 5.82. The molecule has 0 atom stereocenters. The summed E-state index contributed by atoms with van der Waals surface area (Å²) in [5.41, 5.74) is 4.59. The summed E-state index contributed by atoms with van der Waals surface area (Å²) in [6, 6.07) is 16.2. The summed E-state index contributed by atoms with van der Waals surface area (Å²) < 4.78 is 10.8. The number of nitrogens with one attached hydrogen (secondary N) is 1. The van der Waals surface area contributed by atoms with E-state index in [2.05, 4.69) is 29.6 Å². The number of rotatable bonds is 12. The van der Waals surface area contributed by atoms with E-state index in [4.69, 9.17) is 14.6 Å². The van der Waals surface area contributed by atoms with Gasteiger partial charge >= 0.3 is 12.1 Å². The average molecular weight is 470 g/mol. The minimum Gasteiger partial charge on any atom is -0.480 e. The fourth-order valence-electron chi connectivity index (χ4n) is 3.90. The van der Waals surface area contributed by atoms with Crippen LogP contribution in [0.15, 0.2) is 48.5 Å². The number of likely N-dealkylation sites (N-methyl/N-ethyl adjacent to an activating group) is 1. The molecule has 2 amide bonds. The molecule has 34 heavy (non-hydrogen) atoms. The first kappa shape index (κ1) is 25.2. The van der Waals surface area contributed by atoms with Gasteiger partial charge in [0.15, 0.2) is 0 Å². The molecule has 1 aliphatic carbocycles. The van der Waals surface area contributed by atoms with Crippen LogP contribution in [0, 0.1) is 0 Å². The zero-order chi connectivity index (χ0) is 24.5. The molecule has 0 saturated carbocycles. The van der Waals surface area contributed by atoms with Crippen LogP contribution in [-0.2, 0) is 19.1 Å². The molecular formula is C25H31N3O6. The number of fused-ring (bicyclic) bond motifs is 3. The predicted octanol–water partition coefficient (Wildman–Crippen LogP) is 2.02. The lowest BCUT2D eigenvalue weighted by molar-refractivity contribution is -0.146. The van der Waals surface area contributed by atoms with Crippen molar-refractivity contribution in [2.24, 2.45) is 0 Å². The Morgan fingerprint density at radius 1 is 0.971 bits per heavy atom. The minimum atomic E-state index is -1.08. The Bertz CT molecular complexity index is 964. The summed E-state index contributed by atoms with van der Waals surface area (Å²) in [5.74, 6) is -1.51. The molecule has 0 radical (unpaired) electrons. The van der Waals surface area contributed by atoms with Crippen molar-refractivity contribution in [3.63, 3.8) is 0 Å². The molecule has 0 bridgehead atoms. The second-order valence-corrected chi connectivity index (χ2v) is 8.32. The van der Waals surface area contributed by atoms with E-state index in [1.807, 2.05) is 43.3 Å². The van der Waals surface area contributed by atoms with Crippen LogP contribution in [0.5, 0.6) is 0 Å². The number of nitrogens with zero attached hydrogens (tertiary/aromatic N) is 2. The number of alkyl carbamates (subject to hydrolysis) is 1. The minimum absolute atomic E-state index is 0.0191. The van der Waals surface area contributed by atoms with Gasteiger partial charge in [-0.2, -0.15) is 0 Å². The molecule has 0 heterocycles. The van der Waals surface area contributed by atoms with Gasteiger partial charge in [0.2, 0.25) is 5.91 Å². The summed E-state index contributed by atoms with van der Waals surface area (Å²) in [6.07, 6.45) is -0.560. The summed E-state index contributed by atoms with van der Waals surface area (Å²) in [6.45, 7) is 0.684. The SMILES string of the molecule is CN(C)CCN(CC(=O)O)C(=O)COCCNC(=O)OCC1c2ccccc2-c2ccccc21. The van der Waals surface area contributed by atoms with Gasteiger partial charge in [-0.25, -0.2) is 4.79 Å². The Balaban J connectivity index is 1.39. The lowest BCUT2D eigenvalue weighted by Gasteiger charge is -2.22. The molecule has 0 spiro atoms. The zero-order valence-corrected chi connectivity index (χ0v) is 19.5. The normalized spacial score (nSPS) is 12.2. The highest BCUT2D eigenvalue weighted by Gasteiger charge is 2.29. The maximum absolute atomic E-state index is 12.2. The molecule has 9 nitrogen and oxygen atoms in total. The van der Waals surface area contributed by atoms with Crippen molar-refractivity contribution in [1.29, 1.82) is 0 Å². The number of aliphatic carboxylic acids is 1. The largest absolute Gasteiger partial charge is 0.480 e. The fraction of sp³-hybridized carbons (Fsp3) is 0.400. The van der Waals surface area contributed by atoms with E-state index in [-0.39, 0.29) is 38.8 Å².